The van der Waals surface area contributed by atoms with E-state index in [4.69, 9.17) is 0 Å². The Hall–Kier alpha value is -2.48. The number of fused-ring (bicyclic) bond motifs is 1. The van der Waals surface area contributed by atoms with E-state index in [2.05, 4.69) is 25.6 Å². The molecule has 8 heteroatoms. The van der Waals surface area contributed by atoms with Crippen LogP contribution in [-0.2, 0) is 13.0 Å². The van der Waals surface area contributed by atoms with Crippen molar-refractivity contribution in [3.05, 3.63) is 40.7 Å². The zero-order valence-corrected chi connectivity index (χ0v) is 11.8. The third-order valence-corrected chi connectivity index (χ3v) is 3.48. The van der Waals surface area contributed by atoms with E-state index in [0.717, 1.165) is 36.4 Å². The Balaban J connectivity index is 1.84. The molecule has 3 N–H and O–H groups in total. The first-order chi connectivity index (χ1) is 10.6. The lowest BCUT2D eigenvalue weighted by atomic mass is 10.1. The summed E-state index contributed by atoms with van der Waals surface area (Å²) in [4.78, 5) is 12.2. The van der Waals surface area contributed by atoms with Crippen LogP contribution in [0, 0.1) is 11.6 Å². The molecule has 0 aliphatic carbocycles. The van der Waals surface area contributed by atoms with Crippen molar-refractivity contribution in [3.8, 4) is 5.75 Å². The van der Waals surface area contributed by atoms with E-state index in [9.17, 15) is 13.6 Å². The van der Waals surface area contributed by atoms with Gasteiger partial charge in [-0.2, -0.15) is 5.10 Å². The maximum absolute atomic E-state index is 13.6. The first-order valence-electron chi connectivity index (χ1n) is 6.71. The van der Waals surface area contributed by atoms with Gasteiger partial charge in [0.05, 0.1) is 7.11 Å². The second kappa shape index (κ2) is 5.72. The summed E-state index contributed by atoms with van der Waals surface area (Å²) in [7, 11) is 1.17. The molecular weight excluding hydrogens is 294 g/mol. The molecule has 0 bridgehead atoms. The smallest absolute Gasteiger partial charge is 0.276 e. The average molecular weight is 308 g/mol. The maximum Gasteiger partial charge on any atom is 0.276 e. The molecule has 0 atom stereocenters. The van der Waals surface area contributed by atoms with Gasteiger partial charge in [-0.1, -0.05) is 0 Å². The molecule has 1 aromatic heterocycles. The summed E-state index contributed by atoms with van der Waals surface area (Å²) in [5, 5.41) is 12.4. The van der Waals surface area contributed by atoms with Crippen molar-refractivity contribution < 1.29 is 18.3 Å². The van der Waals surface area contributed by atoms with Gasteiger partial charge in [0.15, 0.2) is 23.1 Å². The van der Waals surface area contributed by atoms with Gasteiger partial charge >= 0.3 is 0 Å². The lowest BCUT2D eigenvalue weighted by Crippen LogP contribution is -2.25. The van der Waals surface area contributed by atoms with Crippen LogP contribution in [0.4, 0.5) is 14.5 Å². The molecule has 0 radical (unpaired) electrons. The fourth-order valence-electron chi connectivity index (χ4n) is 2.43. The standard InChI is InChI=1S/C14H14F2N4O2/c1-22-13-9(15)4-7(5-10(13)16)18-14(21)12-8-6-17-3-2-11(8)19-20-12/h4-5,17H,2-3,6H2,1H3,(H,18,21)(H,19,20). The molecule has 0 fully saturated rings. The van der Waals surface area contributed by atoms with E-state index in [0.29, 0.717) is 6.54 Å². The normalized spacial score (nSPS) is 13.6. The topological polar surface area (TPSA) is 79.0 Å². The Kier molecular flexibility index (Phi) is 3.76. The molecule has 0 spiro atoms. The number of halogens is 2. The monoisotopic (exact) mass is 308 g/mol. The molecular formula is C14H14F2N4O2. The first kappa shape index (κ1) is 14.5. The van der Waals surface area contributed by atoms with Crippen molar-refractivity contribution in [1.82, 2.24) is 15.5 Å². The number of methoxy groups -OCH3 is 1. The van der Waals surface area contributed by atoms with Crippen molar-refractivity contribution in [1.29, 1.82) is 0 Å². The highest BCUT2D eigenvalue weighted by Crippen LogP contribution is 2.26. The molecule has 2 aromatic rings. The lowest BCUT2D eigenvalue weighted by Gasteiger charge is -2.13. The van der Waals surface area contributed by atoms with Crippen LogP contribution in [-0.4, -0.2) is 29.8 Å². The Labute approximate surface area is 124 Å². The van der Waals surface area contributed by atoms with Crippen LogP contribution in [0.1, 0.15) is 21.7 Å². The van der Waals surface area contributed by atoms with Crippen LogP contribution >= 0.6 is 0 Å². The zero-order chi connectivity index (χ0) is 15.7. The summed E-state index contributed by atoms with van der Waals surface area (Å²) in [6.07, 6.45) is 0.751. The number of aromatic nitrogens is 2. The fraction of sp³-hybridized carbons (Fsp3) is 0.286. The van der Waals surface area contributed by atoms with E-state index in [1.807, 2.05) is 0 Å². The maximum atomic E-state index is 13.6. The SMILES string of the molecule is COc1c(F)cc(NC(=O)c2n[nH]c3c2CNCC3)cc1F. The predicted octanol–water partition coefficient (Wildman–Crippen LogP) is 1.59. The summed E-state index contributed by atoms with van der Waals surface area (Å²) in [6, 6.07) is 1.99. The fourth-order valence-corrected chi connectivity index (χ4v) is 2.43. The second-order valence-corrected chi connectivity index (χ2v) is 4.88. The molecule has 3 rings (SSSR count). The molecule has 1 aromatic carbocycles. The van der Waals surface area contributed by atoms with Crippen LogP contribution in [0.15, 0.2) is 12.1 Å². The largest absolute Gasteiger partial charge is 0.491 e. The van der Waals surface area contributed by atoms with Crippen molar-refractivity contribution >= 4 is 11.6 Å². The van der Waals surface area contributed by atoms with Gasteiger partial charge in [0.1, 0.15) is 0 Å². The highest BCUT2D eigenvalue weighted by molar-refractivity contribution is 6.04. The first-order valence-corrected chi connectivity index (χ1v) is 6.71. The molecule has 1 amide bonds. The predicted molar refractivity (Wildman–Crippen MR) is 74.9 cm³/mol. The highest BCUT2D eigenvalue weighted by Gasteiger charge is 2.22. The number of hydrogen-bond donors (Lipinski definition) is 3. The minimum Gasteiger partial charge on any atom is -0.491 e. The Bertz CT molecular complexity index is 707. The lowest BCUT2D eigenvalue weighted by molar-refractivity contribution is 0.102. The van der Waals surface area contributed by atoms with Crippen molar-refractivity contribution in [2.24, 2.45) is 0 Å². The number of hydrogen-bond acceptors (Lipinski definition) is 4. The third kappa shape index (κ3) is 2.52. The van der Waals surface area contributed by atoms with Crippen molar-refractivity contribution in [3.63, 3.8) is 0 Å². The van der Waals surface area contributed by atoms with Crippen molar-refractivity contribution in [2.45, 2.75) is 13.0 Å². The van der Waals surface area contributed by atoms with Gasteiger partial charge in [-0.3, -0.25) is 9.89 Å². The number of nitrogens with one attached hydrogen (secondary N) is 3. The molecule has 116 valence electrons. The number of aromatic amines is 1. The van der Waals surface area contributed by atoms with Gasteiger partial charge in [-0.05, 0) is 0 Å². The Morgan fingerprint density at radius 2 is 2.09 bits per heavy atom. The van der Waals surface area contributed by atoms with Crippen LogP contribution in [0.2, 0.25) is 0 Å². The molecule has 0 saturated carbocycles. The van der Waals surface area contributed by atoms with Gasteiger partial charge in [0.25, 0.3) is 5.91 Å². The highest BCUT2D eigenvalue weighted by atomic mass is 19.1. The van der Waals surface area contributed by atoms with Gasteiger partial charge in [0, 0.05) is 48.6 Å². The van der Waals surface area contributed by atoms with Gasteiger partial charge < -0.3 is 15.4 Å². The van der Waals surface area contributed by atoms with E-state index in [1.165, 1.54) is 7.11 Å². The van der Waals surface area contributed by atoms with E-state index < -0.39 is 23.3 Å². The zero-order valence-electron chi connectivity index (χ0n) is 11.8. The number of ether oxygens (including phenoxy) is 1. The summed E-state index contributed by atoms with van der Waals surface area (Å²) in [6.45, 7) is 1.34. The van der Waals surface area contributed by atoms with Crippen LogP contribution in [0.3, 0.4) is 0 Å². The number of rotatable bonds is 3. The summed E-state index contributed by atoms with van der Waals surface area (Å²) < 4.78 is 31.9. The number of H-pyrrole nitrogens is 1. The minimum absolute atomic E-state index is 0.00122. The Morgan fingerprint density at radius 3 is 2.77 bits per heavy atom. The second-order valence-electron chi connectivity index (χ2n) is 4.88. The number of amides is 1. The van der Waals surface area contributed by atoms with Gasteiger partial charge in [0.2, 0.25) is 0 Å². The van der Waals surface area contributed by atoms with Crippen LogP contribution in [0.5, 0.6) is 5.75 Å². The molecule has 1 aliphatic heterocycles. The summed E-state index contributed by atoms with van der Waals surface area (Å²) in [5.74, 6) is -2.78. The Morgan fingerprint density at radius 1 is 1.36 bits per heavy atom. The van der Waals surface area contributed by atoms with E-state index in [-0.39, 0.29) is 11.4 Å². The van der Waals surface area contributed by atoms with Gasteiger partial charge in [-0.15, -0.1) is 0 Å². The number of carbonyl (C=O) groups excluding carboxylic acids is 1. The van der Waals surface area contributed by atoms with Crippen LogP contribution < -0.4 is 15.4 Å². The molecule has 22 heavy (non-hydrogen) atoms. The summed E-state index contributed by atoms with van der Waals surface area (Å²) >= 11 is 0. The molecule has 6 nitrogen and oxygen atoms in total. The molecule has 0 saturated heterocycles. The average Bonchev–Trinajstić information content (AvgIpc) is 2.91. The number of anilines is 1. The molecule has 2 heterocycles. The summed E-state index contributed by atoms with van der Waals surface area (Å²) in [5.41, 5.74) is 1.90. The van der Waals surface area contributed by atoms with Gasteiger partial charge in [-0.25, -0.2) is 8.78 Å². The molecule has 0 unspecified atom stereocenters. The number of benzene rings is 1. The molecule has 1 aliphatic rings. The van der Waals surface area contributed by atoms with Crippen LogP contribution in [0.25, 0.3) is 0 Å². The number of nitrogens with zero attached hydrogens (tertiary/aromatic N) is 1. The van der Waals surface area contributed by atoms with E-state index >= 15 is 0 Å². The van der Waals surface area contributed by atoms with E-state index in [1.54, 1.807) is 0 Å². The van der Waals surface area contributed by atoms with Crippen molar-refractivity contribution in [2.75, 3.05) is 19.0 Å². The third-order valence-electron chi connectivity index (χ3n) is 3.48. The quantitative estimate of drug-likeness (QED) is 0.804. The minimum atomic E-state index is -0.886. The number of carbonyl (C=O) groups is 1.